The standard InChI is InChI=1S/C23H33N5O2/c1-23(2,17-26(3)4)16-24-21(29)18-10-13-27(14-11-18)22(30)20-12-15-28(25-20)19-8-6-5-7-9-19/h5-9,12,15,18H,10-11,13-14,16-17H2,1-4H3,(H,24,29). The Labute approximate surface area is 179 Å². The molecule has 1 fully saturated rings. The number of nitrogens with zero attached hydrogens (tertiary/aromatic N) is 4. The molecule has 0 unspecified atom stereocenters. The van der Waals surface area contributed by atoms with Gasteiger partial charge in [-0.2, -0.15) is 5.10 Å². The predicted octanol–water partition coefficient (Wildman–Crippen LogP) is 2.43. The van der Waals surface area contributed by atoms with Gasteiger partial charge < -0.3 is 15.1 Å². The molecule has 1 saturated heterocycles. The molecule has 0 radical (unpaired) electrons. The van der Waals surface area contributed by atoms with Crippen molar-refractivity contribution in [1.82, 2.24) is 24.9 Å². The molecule has 2 aromatic rings. The first kappa shape index (κ1) is 22.0. The lowest BCUT2D eigenvalue weighted by molar-refractivity contribution is -0.126. The molecule has 0 bridgehead atoms. The van der Waals surface area contributed by atoms with Crippen molar-refractivity contribution in [2.45, 2.75) is 26.7 Å². The average Bonchev–Trinajstić information content (AvgIpc) is 3.22. The molecular weight excluding hydrogens is 378 g/mol. The Hall–Kier alpha value is -2.67. The molecule has 2 heterocycles. The quantitative estimate of drug-likeness (QED) is 0.760. The number of rotatable bonds is 7. The predicted molar refractivity (Wildman–Crippen MR) is 118 cm³/mol. The van der Waals surface area contributed by atoms with Gasteiger partial charge in [-0.3, -0.25) is 9.59 Å². The lowest BCUT2D eigenvalue weighted by atomic mass is 9.91. The topological polar surface area (TPSA) is 70.5 Å². The molecule has 1 aromatic heterocycles. The highest BCUT2D eigenvalue weighted by molar-refractivity contribution is 5.92. The van der Waals surface area contributed by atoms with Crippen molar-refractivity contribution in [3.8, 4) is 5.69 Å². The molecule has 30 heavy (non-hydrogen) atoms. The Morgan fingerprint density at radius 3 is 2.43 bits per heavy atom. The lowest BCUT2D eigenvalue weighted by Gasteiger charge is -2.32. The van der Waals surface area contributed by atoms with Crippen LogP contribution in [0.3, 0.4) is 0 Å². The summed E-state index contributed by atoms with van der Waals surface area (Å²) in [5.74, 6) is -0.0102. The van der Waals surface area contributed by atoms with Crippen LogP contribution in [-0.2, 0) is 4.79 Å². The summed E-state index contributed by atoms with van der Waals surface area (Å²) in [6.45, 7) is 7.04. The summed E-state index contributed by atoms with van der Waals surface area (Å²) < 4.78 is 1.71. The molecule has 1 N–H and O–H groups in total. The fourth-order valence-electron chi connectivity index (χ4n) is 4.05. The summed E-state index contributed by atoms with van der Waals surface area (Å²) in [6, 6.07) is 11.5. The van der Waals surface area contributed by atoms with E-state index >= 15 is 0 Å². The van der Waals surface area contributed by atoms with Crippen LogP contribution in [0.25, 0.3) is 5.69 Å². The number of benzene rings is 1. The minimum Gasteiger partial charge on any atom is -0.355 e. The summed E-state index contributed by atoms with van der Waals surface area (Å²) >= 11 is 0. The highest BCUT2D eigenvalue weighted by atomic mass is 16.2. The van der Waals surface area contributed by atoms with Crippen LogP contribution in [-0.4, -0.2) is 71.7 Å². The smallest absolute Gasteiger partial charge is 0.274 e. The first-order valence-corrected chi connectivity index (χ1v) is 10.6. The minimum absolute atomic E-state index is 0.0212. The van der Waals surface area contributed by atoms with E-state index in [1.165, 1.54) is 0 Å². The minimum atomic E-state index is -0.0735. The second-order valence-electron chi connectivity index (χ2n) is 9.17. The normalized spacial score (nSPS) is 15.4. The van der Waals surface area contributed by atoms with Crippen LogP contribution in [0.2, 0.25) is 0 Å². The number of likely N-dealkylation sites (tertiary alicyclic amines) is 1. The summed E-state index contributed by atoms with van der Waals surface area (Å²) in [6.07, 6.45) is 3.17. The van der Waals surface area contributed by atoms with E-state index in [2.05, 4.69) is 29.2 Å². The summed E-state index contributed by atoms with van der Waals surface area (Å²) in [5.41, 5.74) is 1.38. The molecule has 3 rings (SSSR count). The van der Waals surface area contributed by atoms with Gasteiger partial charge in [0, 0.05) is 38.3 Å². The zero-order valence-corrected chi connectivity index (χ0v) is 18.5. The zero-order valence-electron chi connectivity index (χ0n) is 18.5. The van der Waals surface area contributed by atoms with E-state index in [-0.39, 0.29) is 23.1 Å². The molecule has 1 aromatic carbocycles. The van der Waals surface area contributed by atoms with Crippen LogP contribution < -0.4 is 5.32 Å². The molecule has 7 heteroatoms. The van der Waals surface area contributed by atoms with Gasteiger partial charge >= 0.3 is 0 Å². The second kappa shape index (κ2) is 9.43. The molecule has 7 nitrogen and oxygen atoms in total. The maximum atomic E-state index is 12.8. The maximum absolute atomic E-state index is 12.8. The Bertz CT molecular complexity index is 851. The molecule has 0 saturated carbocycles. The highest BCUT2D eigenvalue weighted by Gasteiger charge is 2.29. The molecule has 162 valence electrons. The third kappa shape index (κ3) is 5.69. The first-order chi connectivity index (χ1) is 14.2. The number of nitrogens with one attached hydrogen (secondary N) is 1. The number of carbonyl (C=O) groups is 2. The SMILES string of the molecule is CN(C)CC(C)(C)CNC(=O)C1CCN(C(=O)c2ccn(-c3ccccc3)n2)CC1. The van der Waals surface area contributed by atoms with Gasteiger partial charge in [0.25, 0.3) is 5.91 Å². The van der Waals surface area contributed by atoms with Crippen molar-refractivity contribution in [2.75, 3.05) is 40.3 Å². The highest BCUT2D eigenvalue weighted by Crippen LogP contribution is 2.20. The van der Waals surface area contributed by atoms with Crippen LogP contribution in [0.4, 0.5) is 0 Å². The van der Waals surface area contributed by atoms with E-state index in [0.717, 1.165) is 12.2 Å². The van der Waals surface area contributed by atoms with E-state index < -0.39 is 0 Å². The summed E-state index contributed by atoms with van der Waals surface area (Å²) in [7, 11) is 4.08. The number of carbonyl (C=O) groups excluding carboxylic acids is 2. The van der Waals surface area contributed by atoms with E-state index in [1.807, 2.05) is 44.4 Å². The number of piperidine rings is 1. The van der Waals surface area contributed by atoms with E-state index in [4.69, 9.17) is 0 Å². The van der Waals surface area contributed by atoms with Gasteiger partial charge in [0.05, 0.1) is 5.69 Å². The third-order valence-corrected chi connectivity index (χ3v) is 5.47. The molecule has 2 amide bonds. The maximum Gasteiger partial charge on any atom is 0.274 e. The Morgan fingerprint density at radius 1 is 1.13 bits per heavy atom. The number of hydrogen-bond acceptors (Lipinski definition) is 4. The molecule has 1 aliphatic heterocycles. The van der Waals surface area contributed by atoms with Crippen LogP contribution in [0.5, 0.6) is 0 Å². The largest absolute Gasteiger partial charge is 0.355 e. The monoisotopic (exact) mass is 411 g/mol. The molecule has 0 aliphatic carbocycles. The molecular formula is C23H33N5O2. The van der Waals surface area contributed by atoms with Gasteiger partial charge in [0.1, 0.15) is 0 Å². The molecule has 0 atom stereocenters. The van der Waals surface area contributed by atoms with Crippen LogP contribution in [0.1, 0.15) is 37.2 Å². The van der Waals surface area contributed by atoms with Gasteiger partial charge in [0.2, 0.25) is 5.91 Å². The van der Waals surface area contributed by atoms with E-state index in [0.29, 0.717) is 38.2 Å². The van der Waals surface area contributed by atoms with Crippen molar-refractivity contribution in [1.29, 1.82) is 0 Å². The van der Waals surface area contributed by atoms with Crippen molar-refractivity contribution >= 4 is 11.8 Å². The van der Waals surface area contributed by atoms with Crippen molar-refractivity contribution in [2.24, 2.45) is 11.3 Å². The third-order valence-electron chi connectivity index (χ3n) is 5.47. The Morgan fingerprint density at radius 2 is 1.80 bits per heavy atom. The van der Waals surface area contributed by atoms with Gasteiger partial charge in [-0.1, -0.05) is 32.0 Å². The number of amides is 2. The van der Waals surface area contributed by atoms with Crippen molar-refractivity contribution in [3.63, 3.8) is 0 Å². The lowest BCUT2D eigenvalue weighted by Crippen LogP contribution is -2.46. The van der Waals surface area contributed by atoms with Crippen LogP contribution in [0, 0.1) is 11.3 Å². The molecule has 0 spiro atoms. The number of para-hydroxylation sites is 1. The van der Waals surface area contributed by atoms with E-state index in [1.54, 1.807) is 21.8 Å². The van der Waals surface area contributed by atoms with Gasteiger partial charge in [-0.05, 0) is 50.6 Å². The number of hydrogen-bond donors (Lipinski definition) is 1. The van der Waals surface area contributed by atoms with Crippen molar-refractivity contribution < 1.29 is 9.59 Å². The first-order valence-electron chi connectivity index (χ1n) is 10.6. The van der Waals surface area contributed by atoms with Gasteiger partial charge in [0.15, 0.2) is 5.69 Å². The summed E-state index contributed by atoms with van der Waals surface area (Å²) in [5, 5.41) is 7.54. The molecule has 1 aliphatic rings. The van der Waals surface area contributed by atoms with Gasteiger partial charge in [-0.25, -0.2) is 4.68 Å². The van der Waals surface area contributed by atoms with Crippen molar-refractivity contribution in [3.05, 3.63) is 48.3 Å². The zero-order chi connectivity index (χ0) is 21.7. The number of aromatic nitrogens is 2. The van der Waals surface area contributed by atoms with Crippen LogP contribution in [0.15, 0.2) is 42.6 Å². The fraction of sp³-hybridized carbons (Fsp3) is 0.522. The Balaban J connectivity index is 1.50. The summed E-state index contributed by atoms with van der Waals surface area (Å²) in [4.78, 5) is 29.4. The van der Waals surface area contributed by atoms with Gasteiger partial charge in [-0.15, -0.1) is 0 Å². The van der Waals surface area contributed by atoms with E-state index in [9.17, 15) is 9.59 Å². The van der Waals surface area contributed by atoms with Crippen LogP contribution >= 0.6 is 0 Å². The Kier molecular flexibility index (Phi) is 6.92. The fourth-order valence-corrected chi connectivity index (χ4v) is 4.05. The average molecular weight is 412 g/mol. The second-order valence-corrected chi connectivity index (χ2v) is 9.17.